The molecule has 0 unspecified atom stereocenters. The van der Waals surface area contributed by atoms with E-state index in [1.165, 1.54) is 37.1 Å². The van der Waals surface area contributed by atoms with Crippen molar-refractivity contribution in [3.63, 3.8) is 0 Å². The van der Waals surface area contributed by atoms with E-state index in [9.17, 15) is 13.2 Å². The molecule has 0 bridgehead atoms. The van der Waals surface area contributed by atoms with Crippen molar-refractivity contribution < 1.29 is 13.2 Å². The fraction of sp³-hybridized carbons (Fsp3) is 0.480. The Hall–Kier alpha value is -2.05. The number of carbonyl (C=O) groups is 1. The molecule has 1 saturated heterocycles. The quantitative estimate of drug-likeness (QED) is 0.586. The highest BCUT2D eigenvalue weighted by Gasteiger charge is 2.54. The molecule has 2 fully saturated rings. The van der Waals surface area contributed by atoms with Crippen LogP contribution in [0.25, 0.3) is 0 Å². The van der Waals surface area contributed by atoms with Crippen LogP contribution in [-0.4, -0.2) is 44.1 Å². The van der Waals surface area contributed by atoms with Crippen LogP contribution in [0.5, 0.6) is 0 Å². The lowest BCUT2D eigenvalue weighted by molar-refractivity contribution is -0.133. The Labute approximate surface area is 196 Å². The van der Waals surface area contributed by atoms with Crippen LogP contribution in [0.1, 0.15) is 50.5 Å². The van der Waals surface area contributed by atoms with Crippen molar-refractivity contribution in [2.45, 2.75) is 61.1 Å². The molecule has 2 aliphatic rings. The van der Waals surface area contributed by atoms with Crippen LogP contribution in [0, 0.1) is 0 Å². The molecule has 1 saturated carbocycles. The van der Waals surface area contributed by atoms with E-state index in [0.29, 0.717) is 24.4 Å². The lowest BCUT2D eigenvalue weighted by Gasteiger charge is -2.32. The summed E-state index contributed by atoms with van der Waals surface area (Å²) in [5, 5.41) is 0.473. The highest BCUT2D eigenvalue weighted by atomic mass is 35.5. The van der Waals surface area contributed by atoms with Gasteiger partial charge < -0.3 is 9.80 Å². The van der Waals surface area contributed by atoms with Gasteiger partial charge in [0.1, 0.15) is 0 Å². The zero-order chi connectivity index (χ0) is 22.8. The van der Waals surface area contributed by atoms with E-state index in [4.69, 9.17) is 11.6 Å². The monoisotopic (exact) mass is 474 g/mol. The molecule has 2 aromatic rings. The van der Waals surface area contributed by atoms with Crippen molar-refractivity contribution in [1.29, 1.82) is 0 Å². The van der Waals surface area contributed by atoms with Gasteiger partial charge in [0.15, 0.2) is 14.6 Å². The predicted molar refractivity (Wildman–Crippen MR) is 129 cm³/mol. The Morgan fingerprint density at radius 3 is 2.12 bits per heavy atom. The second-order valence-electron chi connectivity index (χ2n) is 9.03. The third-order valence-corrected chi connectivity index (χ3v) is 9.62. The van der Waals surface area contributed by atoms with Crippen LogP contribution in [0.15, 0.2) is 53.4 Å². The van der Waals surface area contributed by atoms with Gasteiger partial charge in [-0.25, -0.2) is 8.42 Å². The number of sulfone groups is 1. The second kappa shape index (κ2) is 9.44. The SMILES string of the molecule is CN(Cc1ccc(N2CCCCC2)cc1)C(=O)C1(S(=O)(=O)c2ccc(Cl)cc2)CCCC1. The summed E-state index contributed by atoms with van der Waals surface area (Å²) in [6.45, 7) is 2.56. The van der Waals surface area contributed by atoms with Crippen molar-refractivity contribution in [2.75, 3.05) is 25.0 Å². The zero-order valence-electron chi connectivity index (χ0n) is 18.6. The average Bonchev–Trinajstić information content (AvgIpc) is 3.32. The minimum Gasteiger partial charge on any atom is -0.372 e. The summed E-state index contributed by atoms with van der Waals surface area (Å²) in [6, 6.07) is 14.4. The molecule has 0 atom stereocenters. The lowest BCUT2D eigenvalue weighted by atomic mass is 10.0. The summed E-state index contributed by atoms with van der Waals surface area (Å²) in [7, 11) is -2.12. The molecule has 32 heavy (non-hydrogen) atoms. The number of anilines is 1. The predicted octanol–water partition coefficient (Wildman–Crippen LogP) is 5.08. The summed E-state index contributed by atoms with van der Waals surface area (Å²) in [5.74, 6) is -0.315. The van der Waals surface area contributed by atoms with Crippen molar-refractivity contribution in [3.8, 4) is 0 Å². The van der Waals surface area contributed by atoms with Gasteiger partial charge in [-0.1, -0.05) is 36.6 Å². The van der Waals surface area contributed by atoms with Crippen LogP contribution in [0.4, 0.5) is 5.69 Å². The largest absolute Gasteiger partial charge is 0.372 e. The fourth-order valence-corrected chi connectivity index (χ4v) is 7.32. The summed E-state index contributed by atoms with van der Waals surface area (Å²) in [4.78, 5) is 17.7. The van der Waals surface area contributed by atoms with Gasteiger partial charge in [0.2, 0.25) is 5.91 Å². The van der Waals surface area contributed by atoms with Gasteiger partial charge in [-0.2, -0.15) is 0 Å². The van der Waals surface area contributed by atoms with Gasteiger partial charge in [0.05, 0.1) is 4.90 Å². The Balaban J connectivity index is 1.52. The average molecular weight is 475 g/mol. The molecule has 0 aromatic heterocycles. The summed E-state index contributed by atoms with van der Waals surface area (Å²) >= 11 is 5.95. The van der Waals surface area contributed by atoms with Crippen LogP contribution < -0.4 is 4.90 Å². The van der Waals surface area contributed by atoms with E-state index < -0.39 is 14.6 Å². The molecule has 172 valence electrons. The van der Waals surface area contributed by atoms with Crippen molar-refractivity contribution in [1.82, 2.24) is 4.90 Å². The maximum absolute atomic E-state index is 13.6. The smallest absolute Gasteiger partial charge is 0.244 e. The third-order valence-electron chi connectivity index (χ3n) is 6.86. The molecule has 1 aliphatic carbocycles. The molecular weight excluding hydrogens is 444 g/mol. The minimum absolute atomic E-state index is 0.163. The third kappa shape index (κ3) is 4.40. The standard InChI is InChI=1S/C25H31ClN2O3S/c1-27(19-20-7-11-22(12-8-20)28-17-5-2-6-18-28)24(29)25(15-3-4-16-25)32(30,31)23-13-9-21(26)10-14-23/h7-14H,2-6,15-19H2,1H3. The second-order valence-corrected chi connectivity index (χ2v) is 11.7. The zero-order valence-corrected chi connectivity index (χ0v) is 20.2. The molecule has 4 rings (SSSR count). The molecule has 2 aromatic carbocycles. The first-order valence-corrected chi connectivity index (χ1v) is 13.3. The maximum atomic E-state index is 13.6. The van der Waals surface area contributed by atoms with Crippen molar-refractivity contribution >= 4 is 33.0 Å². The Bertz CT molecular complexity index is 1040. The fourth-order valence-electron chi connectivity index (χ4n) is 5.04. The highest BCUT2D eigenvalue weighted by molar-refractivity contribution is 7.93. The number of halogens is 1. The maximum Gasteiger partial charge on any atom is 0.244 e. The Morgan fingerprint density at radius 2 is 1.53 bits per heavy atom. The summed E-state index contributed by atoms with van der Waals surface area (Å²) in [5.41, 5.74) is 2.21. The number of carbonyl (C=O) groups excluding carboxylic acids is 1. The van der Waals surface area contributed by atoms with Gasteiger partial charge >= 0.3 is 0 Å². The van der Waals surface area contributed by atoms with E-state index in [-0.39, 0.29) is 10.8 Å². The first-order chi connectivity index (χ1) is 15.3. The minimum atomic E-state index is -3.83. The lowest BCUT2D eigenvalue weighted by Crippen LogP contribution is -2.50. The van der Waals surface area contributed by atoms with E-state index >= 15 is 0 Å². The number of nitrogens with zero attached hydrogens (tertiary/aromatic N) is 2. The normalized spacial score (nSPS) is 18.5. The van der Waals surface area contributed by atoms with Gasteiger partial charge in [-0.3, -0.25) is 4.79 Å². The number of amides is 1. The number of benzene rings is 2. The Morgan fingerprint density at radius 1 is 0.938 bits per heavy atom. The molecular formula is C25H31ClN2O3S. The van der Waals surface area contributed by atoms with E-state index in [2.05, 4.69) is 17.0 Å². The van der Waals surface area contributed by atoms with Crippen molar-refractivity contribution in [2.24, 2.45) is 0 Å². The van der Waals surface area contributed by atoms with Gasteiger partial charge in [-0.05, 0) is 74.1 Å². The molecule has 0 N–H and O–H groups in total. The van der Waals surface area contributed by atoms with E-state index in [0.717, 1.165) is 31.5 Å². The molecule has 0 spiro atoms. The van der Waals surface area contributed by atoms with E-state index in [1.807, 2.05) is 12.1 Å². The molecule has 5 nitrogen and oxygen atoms in total. The van der Waals surface area contributed by atoms with Gasteiger partial charge in [0, 0.05) is 37.4 Å². The van der Waals surface area contributed by atoms with Crippen LogP contribution in [0.2, 0.25) is 5.02 Å². The molecule has 1 heterocycles. The molecule has 0 radical (unpaired) electrons. The number of rotatable bonds is 6. The topological polar surface area (TPSA) is 57.7 Å². The van der Waals surface area contributed by atoms with Gasteiger partial charge in [-0.15, -0.1) is 0 Å². The number of hydrogen-bond acceptors (Lipinski definition) is 4. The number of piperidine rings is 1. The van der Waals surface area contributed by atoms with Crippen LogP contribution in [-0.2, 0) is 21.2 Å². The summed E-state index contributed by atoms with van der Waals surface area (Å²) in [6.07, 6.45) is 5.92. The van der Waals surface area contributed by atoms with E-state index in [1.54, 1.807) is 24.1 Å². The number of hydrogen-bond donors (Lipinski definition) is 0. The van der Waals surface area contributed by atoms with Gasteiger partial charge in [0.25, 0.3) is 0 Å². The molecule has 1 aliphatic heterocycles. The van der Waals surface area contributed by atoms with Crippen molar-refractivity contribution in [3.05, 3.63) is 59.1 Å². The summed E-state index contributed by atoms with van der Waals surface area (Å²) < 4.78 is 25.8. The first-order valence-electron chi connectivity index (χ1n) is 11.4. The van der Waals surface area contributed by atoms with Crippen LogP contribution in [0.3, 0.4) is 0 Å². The first kappa shape index (κ1) is 23.1. The highest BCUT2D eigenvalue weighted by Crippen LogP contribution is 2.42. The molecule has 1 amide bonds. The Kier molecular flexibility index (Phi) is 6.82. The van der Waals surface area contributed by atoms with Crippen LogP contribution >= 0.6 is 11.6 Å². The molecule has 7 heteroatoms.